The van der Waals surface area contributed by atoms with Crippen LogP contribution in [0.1, 0.15) is 17.9 Å². The molecular formula is C20H20ClN3O3. The molecule has 1 heterocycles. The third-order valence-corrected chi connectivity index (χ3v) is 4.38. The normalized spacial score (nSPS) is 10.6. The molecule has 0 bridgehead atoms. The highest BCUT2D eigenvalue weighted by Crippen LogP contribution is 2.26. The van der Waals surface area contributed by atoms with E-state index in [1.165, 1.54) is 0 Å². The van der Waals surface area contributed by atoms with Gasteiger partial charge < -0.3 is 14.5 Å². The predicted molar refractivity (Wildman–Crippen MR) is 103 cm³/mol. The number of nitrogens with zero attached hydrogens (tertiary/aromatic N) is 2. The van der Waals surface area contributed by atoms with Gasteiger partial charge in [0.05, 0.1) is 17.7 Å². The quantitative estimate of drug-likeness (QED) is 0.639. The van der Waals surface area contributed by atoms with Crippen molar-refractivity contribution in [3.05, 3.63) is 65.0 Å². The number of ether oxygens (including phenoxy) is 1. The Balaban J connectivity index is 1.46. The SMILES string of the molecule is COc1ccccc1CCNC(=O)CCc1nnc(-c2ccccc2Cl)o1. The molecule has 1 aromatic heterocycles. The van der Waals surface area contributed by atoms with Gasteiger partial charge in [-0.2, -0.15) is 0 Å². The molecule has 0 spiro atoms. The molecule has 0 unspecified atom stereocenters. The number of hydrogen-bond donors (Lipinski definition) is 1. The van der Waals surface area contributed by atoms with E-state index >= 15 is 0 Å². The van der Waals surface area contributed by atoms with Crippen molar-refractivity contribution >= 4 is 17.5 Å². The minimum absolute atomic E-state index is 0.0672. The van der Waals surface area contributed by atoms with Gasteiger partial charge in [-0.05, 0) is 30.2 Å². The summed E-state index contributed by atoms with van der Waals surface area (Å²) in [7, 11) is 1.64. The Bertz CT molecular complexity index is 911. The summed E-state index contributed by atoms with van der Waals surface area (Å²) in [6.45, 7) is 0.536. The first-order chi connectivity index (χ1) is 13.2. The summed E-state index contributed by atoms with van der Waals surface area (Å²) in [4.78, 5) is 12.0. The van der Waals surface area contributed by atoms with Crippen molar-refractivity contribution in [3.8, 4) is 17.2 Å². The van der Waals surface area contributed by atoms with Crippen molar-refractivity contribution in [3.63, 3.8) is 0 Å². The summed E-state index contributed by atoms with van der Waals surface area (Å²) in [5.74, 6) is 1.52. The number of carbonyl (C=O) groups is 1. The summed E-state index contributed by atoms with van der Waals surface area (Å²) in [6, 6.07) is 15.0. The third-order valence-electron chi connectivity index (χ3n) is 4.05. The van der Waals surface area contributed by atoms with Crippen LogP contribution in [0.2, 0.25) is 5.02 Å². The van der Waals surface area contributed by atoms with Crippen LogP contribution in [-0.4, -0.2) is 29.8 Å². The first-order valence-electron chi connectivity index (χ1n) is 8.63. The molecule has 0 saturated heterocycles. The van der Waals surface area contributed by atoms with Gasteiger partial charge >= 0.3 is 0 Å². The molecule has 0 fully saturated rings. The van der Waals surface area contributed by atoms with Gasteiger partial charge in [-0.3, -0.25) is 4.79 Å². The maximum Gasteiger partial charge on any atom is 0.249 e. The topological polar surface area (TPSA) is 77.2 Å². The monoisotopic (exact) mass is 385 g/mol. The van der Waals surface area contributed by atoms with Crippen LogP contribution in [0.4, 0.5) is 0 Å². The van der Waals surface area contributed by atoms with E-state index in [2.05, 4.69) is 15.5 Å². The molecule has 0 saturated carbocycles. The van der Waals surface area contributed by atoms with Crippen LogP contribution < -0.4 is 10.1 Å². The lowest BCUT2D eigenvalue weighted by Crippen LogP contribution is -2.26. The van der Waals surface area contributed by atoms with E-state index < -0.39 is 0 Å². The van der Waals surface area contributed by atoms with Crippen LogP contribution in [0, 0.1) is 0 Å². The second-order valence-electron chi connectivity index (χ2n) is 5.89. The highest BCUT2D eigenvalue weighted by Gasteiger charge is 2.12. The molecule has 3 rings (SSSR count). The molecule has 6 nitrogen and oxygen atoms in total. The molecule has 2 aromatic carbocycles. The Morgan fingerprint density at radius 3 is 2.70 bits per heavy atom. The van der Waals surface area contributed by atoms with Gasteiger partial charge in [0, 0.05) is 19.4 Å². The van der Waals surface area contributed by atoms with Gasteiger partial charge in [0.2, 0.25) is 17.7 Å². The van der Waals surface area contributed by atoms with Crippen LogP contribution >= 0.6 is 11.6 Å². The Kier molecular flexibility index (Phi) is 6.44. The first-order valence-corrected chi connectivity index (χ1v) is 9.01. The van der Waals surface area contributed by atoms with Gasteiger partial charge in [0.25, 0.3) is 0 Å². The van der Waals surface area contributed by atoms with E-state index in [9.17, 15) is 4.79 Å². The molecule has 0 aliphatic rings. The Labute approximate surface area is 162 Å². The van der Waals surface area contributed by atoms with Gasteiger partial charge in [-0.25, -0.2) is 0 Å². The second-order valence-corrected chi connectivity index (χ2v) is 6.30. The minimum Gasteiger partial charge on any atom is -0.496 e. The van der Waals surface area contributed by atoms with E-state index in [-0.39, 0.29) is 12.3 Å². The van der Waals surface area contributed by atoms with Crippen LogP contribution in [0.5, 0.6) is 5.75 Å². The number of para-hydroxylation sites is 1. The average molecular weight is 386 g/mol. The van der Waals surface area contributed by atoms with E-state index in [0.717, 1.165) is 11.3 Å². The number of benzene rings is 2. The summed E-state index contributed by atoms with van der Waals surface area (Å²) in [6.07, 6.45) is 1.35. The number of rotatable bonds is 8. The number of amides is 1. The highest BCUT2D eigenvalue weighted by molar-refractivity contribution is 6.33. The van der Waals surface area contributed by atoms with Crippen molar-refractivity contribution in [2.75, 3.05) is 13.7 Å². The predicted octanol–water partition coefficient (Wildman–Crippen LogP) is 3.69. The standard InChI is InChI=1S/C20H20ClN3O3/c1-26-17-9-5-2-6-14(17)12-13-22-18(25)10-11-19-23-24-20(27-19)15-7-3-4-8-16(15)21/h2-9H,10-13H2,1H3,(H,22,25). The molecule has 0 aliphatic heterocycles. The van der Waals surface area contributed by atoms with Gasteiger partial charge in [-0.15, -0.1) is 10.2 Å². The fraction of sp³-hybridized carbons (Fsp3) is 0.250. The van der Waals surface area contributed by atoms with Crippen LogP contribution in [0.3, 0.4) is 0 Å². The van der Waals surface area contributed by atoms with Crippen LogP contribution in [0.25, 0.3) is 11.5 Å². The van der Waals surface area contributed by atoms with Gasteiger partial charge in [-0.1, -0.05) is 41.9 Å². The Morgan fingerprint density at radius 1 is 1.11 bits per heavy atom. The van der Waals surface area contributed by atoms with Gasteiger partial charge in [0.15, 0.2) is 0 Å². The van der Waals surface area contributed by atoms with E-state index in [1.54, 1.807) is 13.2 Å². The van der Waals surface area contributed by atoms with Gasteiger partial charge in [0.1, 0.15) is 5.75 Å². The summed E-state index contributed by atoms with van der Waals surface area (Å²) >= 11 is 6.12. The lowest BCUT2D eigenvalue weighted by molar-refractivity contribution is -0.121. The largest absolute Gasteiger partial charge is 0.496 e. The molecule has 1 N–H and O–H groups in total. The Morgan fingerprint density at radius 2 is 1.89 bits per heavy atom. The number of carbonyl (C=O) groups excluding carboxylic acids is 1. The van der Waals surface area contributed by atoms with E-state index in [0.29, 0.717) is 41.8 Å². The van der Waals surface area contributed by atoms with E-state index in [4.69, 9.17) is 20.8 Å². The van der Waals surface area contributed by atoms with Crippen LogP contribution in [0.15, 0.2) is 52.9 Å². The van der Waals surface area contributed by atoms with Crippen LogP contribution in [-0.2, 0) is 17.6 Å². The molecule has 0 atom stereocenters. The smallest absolute Gasteiger partial charge is 0.249 e. The molecule has 3 aromatic rings. The maximum absolute atomic E-state index is 12.0. The number of hydrogen-bond acceptors (Lipinski definition) is 5. The molecule has 0 radical (unpaired) electrons. The first kappa shape index (κ1) is 18.9. The molecule has 27 heavy (non-hydrogen) atoms. The maximum atomic E-state index is 12.0. The number of nitrogens with one attached hydrogen (secondary N) is 1. The average Bonchev–Trinajstić information content (AvgIpc) is 3.16. The van der Waals surface area contributed by atoms with E-state index in [1.807, 2.05) is 42.5 Å². The highest BCUT2D eigenvalue weighted by atomic mass is 35.5. The van der Waals surface area contributed by atoms with Crippen molar-refractivity contribution in [1.82, 2.24) is 15.5 Å². The summed E-state index contributed by atoms with van der Waals surface area (Å²) in [5.41, 5.74) is 1.74. The number of halogens is 1. The van der Waals surface area contributed by atoms with Crippen molar-refractivity contribution < 1.29 is 13.9 Å². The second kappa shape index (κ2) is 9.19. The number of aromatic nitrogens is 2. The molecule has 1 amide bonds. The number of aryl methyl sites for hydroxylation is 1. The summed E-state index contributed by atoms with van der Waals surface area (Å²) < 4.78 is 10.9. The fourth-order valence-electron chi connectivity index (χ4n) is 2.65. The lowest BCUT2D eigenvalue weighted by atomic mass is 10.1. The zero-order chi connectivity index (χ0) is 19.1. The Hall–Kier alpha value is -2.86. The number of methoxy groups -OCH3 is 1. The third kappa shape index (κ3) is 5.08. The zero-order valence-electron chi connectivity index (χ0n) is 14.9. The molecule has 0 aliphatic carbocycles. The minimum atomic E-state index is -0.0672. The molecular weight excluding hydrogens is 366 g/mol. The summed E-state index contributed by atoms with van der Waals surface area (Å²) in [5, 5.41) is 11.4. The van der Waals surface area contributed by atoms with Crippen molar-refractivity contribution in [2.24, 2.45) is 0 Å². The fourth-order valence-corrected chi connectivity index (χ4v) is 2.87. The lowest BCUT2D eigenvalue weighted by Gasteiger charge is -2.08. The molecule has 7 heteroatoms. The van der Waals surface area contributed by atoms with Crippen molar-refractivity contribution in [2.45, 2.75) is 19.3 Å². The molecule has 140 valence electrons. The van der Waals surface area contributed by atoms with Crippen molar-refractivity contribution in [1.29, 1.82) is 0 Å². The zero-order valence-corrected chi connectivity index (χ0v) is 15.7.